The highest BCUT2D eigenvalue weighted by molar-refractivity contribution is 9.10. The quantitative estimate of drug-likeness (QED) is 0.870. The van der Waals surface area contributed by atoms with Gasteiger partial charge in [0.15, 0.2) is 0 Å². The van der Waals surface area contributed by atoms with Gasteiger partial charge in [-0.25, -0.2) is 0 Å². The molecule has 0 bridgehead atoms. The SMILES string of the molecule is CNCC1(CCOc2cccc(Br)c2)CCOCC1. The molecule has 1 aromatic rings. The Bertz CT molecular complexity index is 386. The first-order valence-corrected chi connectivity index (χ1v) is 7.64. The van der Waals surface area contributed by atoms with Gasteiger partial charge in [-0.1, -0.05) is 22.0 Å². The zero-order chi connectivity index (χ0) is 13.6. The lowest BCUT2D eigenvalue weighted by molar-refractivity contribution is 0.00515. The molecule has 1 aromatic carbocycles. The second-order valence-electron chi connectivity index (χ2n) is 5.20. The second-order valence-corrected chi connectivity index (χ2v) is 6.11. The van der Waals surface area contributed by atoms with Crippen molar-refractivity contribution in [1.82, 2.24) is 5.32 Å². The maximum absolute atomic E-state index is 5.86. The molecule has 4 heteroatoms. The third-order valence-corrected chi connectivity index (χ3v) is 4.30. The van der Waals surface area contributed by atoms with Gasteiger partial charge in [-0.2, -0.15) is 0 Å². The normalized spacial score (nSPS) is 18.2. The van der Waals surface area contributed by atoms with Gasteiger partial charge in [-0.3, -0.25) is 0 Å². The minimum absolute atomic E-state index is 0.332. The van der Waals surface area contributed by atoms with Gasteiger partial charge in [0.2, 0.25) is 0 Å². The summed E-state index contributed by atoms with van der Waals surface area (Å²) in [6, 6.07) is 8.01. The van der Waals surface area contributed by atoms with Gasteiger partial charge in [0, 0.05) is 24.2 Å². The zero-order valence-corrected chi connectivity index (χ0v) is 13.0. The van der Waals surface area contributed by atoms with Crippen LogP contribution < -0.4 is 10.1 Å². The van der Waals surface area contributed by atoms with Crippen LogP contribution in [0.4, 0.5) is 0 Å². The molecule has 0 saturated carbocycles. The van der Waals surface area contributed by atoms with Crippen LogP contribution in [-0.2, 0) is 4.74 Å². The van der Waals surface area contributed by atoms with Gasteiger partial charge in [0.25, 0.3) is 0 Å². The Morgan fingerprint density at radius 2 is 2.16 bits per heavy atom. The number of hydrogen-bond acceptors (Lipinski definition) is 3. The Balaban J connectivity index is 1.85. The van der Waals surface area contributed by atoms with Crippen LogP contribution in [0, 0.1) is 5.41 Å². The number of rotatable bonds is 6. The summed E-state index contributed by atoms with van der Waals surface area (Å²) < 4.78 is 12.4. The summed E-state index contributed by atoms with van der Waals surface area (Å²) in [6.45, 7) is 3.55. The first-order chi connectivity index (χ1) is 9.24. The summed E-state index contributed by atoms with van der Waals surface area (Å²) in [7, 11) is 2.02. The Morgan fingerprint density at radius 3 is 2.84 bits per heavy atom. The molecule has 2 rings (SSSR count). The highest BCUT2D eigenvalue weighted by atomic mass is 79.9. The molecule has 1 N–H and O–H groups in total. The highest BCUT2D eigenvalue weighted by Gasteiger charge is 2.31. The Hall–Kier alpha value is -0.580. The lowest BCUT2D eigenvalue weighted by atomic mass is 9.77. The van der Waals surface area contributed by atoms with Crippen molar-refractivity contribution >= 4 is 15.9 Å². The molecule has 1 heterocycles. The maximum Gasteiger partial charge on any atom is 0.120 e. The van der Waals surface area contributed by atoms with E-state index in [9.17, 15) is 0 Å². The molecule has 0 atom stereocenters. The standard InChI is InChI=1S/C15H22BrNO2/c1-17-12-15(5-8-18-9-6-15)7-10-19-14-4-2-3-13(16)11-14/h2-4,11,17H,5-10,12H2,1H3. The molecule has 0 amide bonds. The molecule has 3 nitrogen and oxygen atoms in total. The lowest BCUT2D eigenvalue weighted by Crippen LogP contribution is -2.39. The summed E-state index contributed by atoms with van der Waals surface area (Å²) in [5.74, 6) is 0.932. The van der Waals surface area contributed by atoms with E-state index in [1.165, 1.54) is 0 Å². The molecule has 1 saturated heterocycles. The van der Waals surface area contributed by atoms with E-state index in [4.69, 9.17) is 9.47 Å². The van der Waals surface area contributed by atoms with Crippen LogP contribution in [0.15, 0.2) is 28.7 Å². The van der Waals surface area contributed by atoms with E-state index in [1.54, 1.807) is 0 Å². The molecule has 1 fully saturated rings. The summed E-state index contributed by atoms with van der Waals surface area (Å²) >= 11 is 3.46. The van der Waals surface area contributed by atoms with Crippen LogP contribution in [0.1, 0.15) is 19.3 Å². The van der Waals surface area contributed by atoms with Gasteiger partial charge in [-0.05, 0) is 49.9 Å². The van der Waals surface area contributed by atoms with E-state index in [0.29, 0.717) is 5.41 Å². The molecule has 0 aliphatic carbocycles. The minimum Gasteiger partial charge on any atom is -0.494 e. The zero-order valence-electron chi connectivity index (χ0n) is 11.5. The van der Waals surface area contributed by atoms with E-state index in [1.807, 2.05) is 31.3 Å². The smallest absolute Gasteiger partial charge is 0.120 e. The van der Waals surface area contributed by atoms with E-state index in [2.05, 4.69) is 21.2 Å². The average molecular weight is 328 g/mol. The van der Waals surface area contributed by atoms with Crippen molar-refractivity contribution in [2.75, 3.05) is 33.4 Å². The van der Waals surface area contributed by atoms with Gasteiger partial charge < -0.3 is 14.8 Å². The van der Waals surface area contributed by atoms with Crippen LogP contribution in [0.3, 0.4) is 0 Å². The molecular weight excluding hydrogens is 306 g/mol. The predicted octanol–water partition coefficient (Wildman–Crippen LogP) is 3.23. The Labute approximate surface area is 123 Å². The summed E-state index contributed by atoms with van der Waals surface area (Å²) in [5, 5.41) is 3.32. The van der Waals surface area contributed by atoms with E-state index in [0.717, 1.165) is 55.9 Å². The molecular formula is C15H22BrNO2. The van der Waals surface area contributed by atoms with Crippen molar-refractivity contribution in [2.24, 2.45) is 5.41 Å². The summed E-state index contributed by atoms with van der Waals surface area (Å²) in [5.41, 5.74) is 0.332. The van der Waals surface area contributed by atoms with Crippen molar-refractivity contribution in [1.29, 1.82) is 0 Å². The maximum atomic E-state index is 5.86. The molecule has 0 aromatic heterocycles. The van der Waals surface area contributed by atoms with Gasteiger partial charge in [0.1, 0.15) is 5.75 Å². The molecule has 1 aliphatic rings. The molecule has 0 unspecified atom stereocenters. The monoisotopic (exact) mass is 327 g/mol. The van der Waals surface area contributed by atoms with E-state index < -0.39 is 0 Å². The average Bonchev–Trinajstić information content (AvgIpc) is 2.40. The van der Waals surface area contributed by atoms with Crippen LogP contribution in [-0.4, -0.2) is 33.4 Å². The van der Waals surface area contributed by atoms with Crippen molar-refractivity contribution in [2.45, 2.75) is 19.3 Å². The van der Waals surface area contributed by atoms with Crippen LogP contribution >= 0.6 is 15.9 Å². The van der Waals surface area contributed by atoms with Gasteiger partial charge >= 0.3 is 0 Å². The van der Waals surface area contributed by atoms with Crippen molar-refractivity contribution in [3.05, 3.63) is 28.7 Å². The molecule has 19 heavy (non-hydrogen) atoms. The number of halogens is 1. The largest absolute Gasteiger partial charge is 0.494 e. The van der Waals surface area contributed by atoms with Crippen molar-refractivity contribution in [3.63, 3.8) is 0 Å². The summed E-state index contributed by atoms with van der Waals surface area (Å²) in [6.07, 6.45) is 3.31. The lowest BCUT2D eigenvalue weighted by Gasteiger charge is -2.37. The second kappa shape index (κ2) is 7.27. The highest BCUT2D eigenvalue weighted by Crippen LogP contribution is 2.33. The van der Waals surface area contributed by atoms with E-state index >= 15 is 0 Å². The third-order valence-electron chi connectivity index (χ3n) is 3.80. The fourth-order valence-corrected chi connectivity index (χ4v) is 3.01. The topological polar surface area (TPSA) is 30.5 Å². The van der Waals surface area contributed by atoms with Crippen LogP contribution in [0.5, 0.6) is 5.75 Å². The number of hydrogen-bond donors (Lipinski definition) is 1. The first kappa shape index (κ1) is 14.8. The Kier molecular flexibility index (Phi) is 5.67. The van der Waals surface area contributed by atoms with E-state index in [-0.39, 0.29) is 0 Å². The first-order valence-electron chi connectivity index (χ1n) is 6.85. The molecule has 0 radical (unpaired) electrons. The van der Waals surface area contributed by atoms with Crippen LogP contribution in [0.25, 0.3) is 0 Å². The molecule has 1 aliphatic heterocycles. The number of benzene rings is 1. The summed E-state index contributed by atoms with van der Waals surface area (Å²) in [4.78, 5) is 0. The van der Waals surface area contributed by atoms with Gasteiger partial charge in [0.05, 0.1) is 6.61 Å². The third kappa shape index (κ3) is 4.48. The number of ether oxygens (including phenoxy) is 2. The molecule has 106 valence electrons. The predicted molar refractivity (Wildman–Crippen MR) is 80.7 cm³/mol. The fourth-order valence-electron chi connectivity index (χ4n) is 2.64. The fraction of sp³-hybridized carbons (Fsp3) is 0.600. The van der Waals surface area contributed by atoms with Crippen molar-refractivity contribution < 1.29 is 9.47 Å². The van der Waals surface area contributed by atoms with Crippen molar-refractivity contribution in [3.8, 4) is 5.75 Å². The minimum atomic E-state index is 0.332. The van der Waals surface area contributed by atoms with Gasteiger partial charge in [-0.15, -0.1) is 0 Å². The molecule has 0 spiro atoms. The Morgan fingerprint density at radius 1 is 1.37 bits per heavy atom. The van der Waals surface area contributed by atoms with Crippen LogP contribution in [0.2, 0.25) is 0 Å². The number of nitrogens with one attached hydrogen (secondary N) is 1.